The van der Waals surface area contributed by atoms with E-state index in [0.29, 0.717) is 11.4 Å². The first-order valence-electron chi connectivity index (χ1n) is 9.52. The molecule has 0 spiro atoms. The minimum atomic E-state index is -3.83. The molecule has 0 aliphatic carbocycles. The topological polar surface area (TPSA) is 81.2 Å². The first-order valence-corrected chi connectivity index (χ1v) is 11.9. The van der Waals surface area contributed by atoms with Crippen molar-refractivity contribution in [3.8, 4) is 27.6 Å². The normalized spacial score (nSPS) is 11.3. The van der Waals surface area contributed by atoms with Gasteiger partial charge in [-0.05, 0) is 61.4 Å². The molecule has 2 aromatic heterocycles. The monoisotopic (exact) mass is 451 g/mol. The van der Waals surface area contributed by atoms with Crippen molar-refractivity contribution in [2.75, 3.05) is 11.8 Å². The standard InChI is InChI=1S/C23H21N3O3S2/c1-15-10-21(29-3)22(11-16(15)2)31(27,28)26-19-8-4-6-17(12-19)20-14-30-23(25-20)18-7-5-9-24-13-18/h4-14,26H,1-3H3. The van der Waals surface area contributed by atoms with Crippen molar-refractivity contribution in [2.45, 2.75) is 18.7 Å². The summed E-state index contributed by atoms with van der Waals surface area (Å²) in [6, 6.07) is 14.4. The molecule has 6 nitrogen and oxygen atoms in total. The van der Waals surface area contributed by atoms with Gasteiger partial charge in [-0.3, -0.25) is 9.71 Å². The number of pyridine rings is 1. The largest absolute Gasteiger partial charge is 0.495 e. The number of hydrogen-bond acceptors (Lipinski definition) is 6. The number of sulfonamides is 1. The van der Waals surface area contributed by atoms with Crippen LogP contribution in [0.15, 0.2) is 71.2 Å². The van der Waals surface area contributed by atoms with Gasteiger partial charge >= 0.3 is 0 Å². The van der Waals surface area contributed by atoms with Gasteiger partial charge in [0, 0.05) is 34.6 Å². The zero-order valence-electron chi connectivity index (χ0n) is 17.3. The molecule has 0 aliphatic rings. The first kappa shape index (κ1) is 21.0. The Morgan fingerprint density at radius 2 is 1.77 bits per heavy atom. The molecule has 2 aromatic carbocycles. The number of nitrogens with zero attached hydrogens (tertiary/aromatic N) is 2. The lowest BCUT2D eigenvalue weighted by Crippen LogP contribution is -2.14. The third kappa shape index (κ3) is 4.45. The number of rotatable bonds is 6. The third-order valence-corrected chi connectivity index (χ3v) is 7.19. The fraction of sp³-hybridized carbons (Fsp3) is 0.130. The van der Waals surface area contributed by atoms with Crippen LogP contribution in [0.4, 0.5) is 5.69 Å². The summed E-state index contributed by atoms with van der Waals surface area (Å²) in [7, 11) is -2.37. The number of anilines is 1. The maximum atomic E-state index is 13.1. The fourth-order valence-electron chi connectivity index (χ4n) is 3.11. The van der Waals surface area contributed by atoms with Crippen LogP contribution in [0.5, 0.6) is 5.75 Å². The molecule has 0 aliphatic heterocycles. The molecule has 158 valence electrons. The Hall–Kier alpha value is -3.23. The summed E-state index contributed by atoms with van der Waals surface area (Å²) in [6.45, 7) is 3.79. The molecule has 1 N–H and O–H groups in total. The summed E-state index contributed by atoms with van der Waals surface area (Å²) in [6.07, 6.45) is 3.49. The van der Waals surface area contributed by atoms with Crippen LogP contribution in [0.1, 0.15) is 11.1 Å². The van der Waals surface area contributed by atoms with E-state index in [0.717, 1.165) is 33.0 Å². The zero-order chi connectivity index (χ0) is 22.0. The Kier molecular flexibility index (Phi) is 5.75. The van der Waals surface area contributed by atoms with Crippen LogP contribution < -0.4 is 9.46 Å². The van der Waals surface area contributed by atoms with Crippen molar-refractivity contribution in [3.63, 3.8) is 0 Å². The summed E-state index contributed by atoms with van der Waals surface area (Å²) in [5.74, 6) is 0.312. The SMILES string of the molecule is COc1cc(C)c(C)cc1S(=O)(=O)Nc1cccc(-c2csc(-c3cccnc3)n2)c1. The van der Waals surface area contributed by atoms with Gasteiger partial charge in [0.2, 0.25) is 0 Å². The van der Waals surface area contributed by atoms with Gasteiger partial charge in [-0.25, -0.2) is 13.4 Å². The van der Waals surface area contributed by atoms with Gasteiger partial charge in [-0.2, -0.15) is 0 Å². The second-order valence-electron chi connectivity index (χ2n) is 7.05. The van der Waals surface area contributed by atoms with Gasteiger partial charge in [0.1, 0.15) is 15.7 Å². The van der Waals surface area contributed by atoms with E-state index in [2.05, 4.69) is 14.7 Å². The number of aromatic nitrogens is 2. The van der Waals surface area contributed by atoms with Gasteiger partial charge in [-0.15, -0.1) is 11.3 Å². The average molecular weight is 452 g/mol. The summed E-state index contributed by atoms with van der Waals surface area (Å²) in [5, 5.41) is 2.80. The lowest BCUT2D eigenvalue weighted by Gasteiger charge is -2.14. The number of aryl methyl sites for hydroxylation is 2. The molecule has 31 heavy (non-hydrogen) atoms. The molecule has 2 heterocycles. The Morgan fingerprint density at radius 1 is 1.00 bits per heavy atom. The molecule has 0 atom stereocenters. The van der Waals surface area contributed by atoms with E-state index in [1.165, 1.54) is 18.4 Å². The summed E-state index contributed by atoms with van der Waals surface area (Å²) in [5.41, 5.74) is 4.82. The second kappa shape index (κ2) is 8.49. The van der Waals surface area contributed by atoms with E-state index in [4.69, 9.17) is 4.74 Å². The minimum Gasteiger partial charge on any atom is -0.495 e. The molecule has 0 radical (unpaired) electrons. The van der Waals surface area contributed by atoms with Crippen LogP contribution in [-0.4, -0.2) is 25.5 Å². The molecular formula is C23H21N3O3S2. The molecule has 0 saturated carbocycles. The van der Waals surface area contributed by atoms with Crippen molar-refractivity contribution in [2.24, 2.45) is 0 Å². The minimum absolute atomic E-state index is 0.107. The van der Waals surface area contributed by atoms with E-state index in [-0.39, 0.29) is 4.90 Å². The Bertz CT molecular complexity index is 1330. The number of hydrogen-bond donors (Lipinski definition) is 1. The maximum absolute atomic E-state index is 13.1. The lowest BCUT2D eigenvalue weighted by atomic mass is 10.1. The number of nitrogens with one attached hydrogen (secondary N) is 1. The summed E-state index contributed by atoms with van der Waals surface area (Å²) >= 11 is 1.51. The van der Waals surface area contributed by atoms with E-state index >= 15 is 0 Å². The second-order valence-corrected chi connectivity index (χ2v) is 9.56. The molecule has 8 heteroatoms. The van der Waals surface area contributed by atoms with Crippen LogP contribution in [0.3, 0.4) is 0 Å². The van der Waals surface area contributed by atoms with Crippen LogP contribution in [-0.2, 0) is 10.0 Å². The zero-order valence-corrected chi connectivity index (χ0v) is 18.9. The predicted octanol–water partition coefficient (Wildman–Crippen LogP) is 5.30. The van der Waals surface area contributed by atoms with Crippen molar-refractivity contribution in [1.29, 1.82) is 0 Å². The van der Waals surface area contributed by atoms with Gasteiger partial charge in [0.25, 0.3) is 10.0 Å². The van der Waals surface area contributed by atoms with E-state index in [1.54, 1.807) is 42.7 Å². The molecule has 4 aromatic rings. The number of benzene rings is 2. The molecule has 4 rings (SSSR count). The van der Waals surface area contributed by atoms with Gasteiger partial charge in [0.15, 0.2) is 0 Å². The van der Waals surface area contributed by atoms with Crippen molar-refractivity contribution < 1.29 is 13.2 Å². The molecule has 0 fully saturated rings. The Morgan fingerprint density at radius 3 is 2.52 bits per heavy atom. The highest BCUT2D eigenvalue weighted by atomic mass is 32.2. The maximum Gasteiger partial charge on any atom is 0.265 e. The highest BCUT2D eigenvalue weighted by Gasteiger charge is 2.21. The van der Waals surface area contributed by atoms with Crippen LogP contribution in [0.2, 0.25) is 0 Å². The summed E-state index contributed by atoms with van der Waals surface area (Å²) < 4.78 is 34.1. The van der Waals surface area contributed by atoms with Crippen LogP contribution >= 0.6 is 11.3 Å². The third-order valence-electron chi connectivity index (χ3n) is 4.89. The Balaban J connectivity index is 1.64. The van der Waals surface area contributed by atoms with Gasteiger partial charge in [0.05, 0.1) is 12.8 Å². The van der Waals surface area contributed by atoms with Gasteiger partial charge in [-0.1, -0.05) is 12.1 Å². The quantitative estimate of drug-likeness (QED) is 0.430. The average Bonchev–Trinajstić information content (AvgIpc) is 3.26. The number of thiazole rings is 1. The fourth-order valence-corrected chi connectivity index (χ4v) is 5.22. The van der Waals surface area contributed by atoms with Crippen LogP contribution in [0, 0.1) is 13.8 Å². The van der Waals surface area contributed by atoms with Gasteiger partial charge < -0.3 is 4.74 Å². The summed E-state index contributed by atoms with van der Waals surface area (Å²) in [4.78, 5) is 8.92. The van der Waals surface area contributed by atoms with E-state index < -0.39 is 10.0 Å². The molecular weight excluding hydrogens is 430 g/mol. The van der Waals surface area contributed by atoms with E-state index in [1.807, 2.05) is 37.4 Å². The van der Waals surface area contributed by atoms with Crippen molar-refractivity contribution >= 4 is 27.0 Å². The Labute approximate surface area is 185 Å². The highest BCUT2D eigenvalue weighted by molar-refractivity contribution is 7.92. The van der Waals surface area contributed by atoms with E-state index in [9.17, 15) is 8.42 Å². The smallest absolute Gasteiger partial charge is 0.265 e. The molecule has 0 bridgehead atoms. The lowest BCUT2D eigenvalue weighted by molar-refractivity contribution is 0.402. The molecule has 0 saturated heterocycles. The predicted molar refractivity (Wildman–Crippen MR) is 124 cm³/mol. The molecule has 0 unspecified atom stereocenters. The van der Waals surface area contributed by atoms with Crippen LogP contribution in [0.25, 0.3) is 21.8 Å². The number of ether oxygens (including phenoxy) is 1. The number of methoxy groups -OCH3 is 1. The molecule has 0 amide bonds. The van der Waals surface area contributed by atoms with Crippen molar-refractivity contribution in [3.05, 3.63) is 77.4 Å². The first-order chi connectivity index (χ1) is 14.9. The van der Waals surface area contributed by atoms with Crippen molar-refractivity contribution in [1.82, 2.24) is 9.97 Å². The highest BCUT2D eigenvalue weighted by Crippen LogP contribution is 2.32.